The van der Waals surface area contributed by atoms with Crippen LogP contribution in [0.15, 0.2) is 42.6 Å². The van der Waals surface area contributed by atoms with Crippen molar-refractivity contribution in [2.45, 2.75) is 39.2 Å². The van der Waals surface area contributed by atoms with Crippen molar-refractivity contribution in [3.8, 4) is 0 Å². The second kappa shape index (κ2) is 7.69. The monoisotopic (exact) mass is 380 g/mol. The Kier molecular flexibility index (Phi) is 5.12. The third-order valence-electron chi connectivity index (χ3n) is 5.03. The predicted octanol–water partition coefficient (Wildman–Crippen LogP) is 5.38. The Morgan fingerprint density at radius 2 is 1.96 bits per heavy atom. The quantitative estimate of drug-likeness (QED) is 0.516. The van der Waals surface area contributed by atoms with Crippen LogP contribution in [-0.4, -0.2) is 24.1 Å². The lowest BCUT2D eigenvalue weighted by molar-refractivity contribution is 0.0532. The molecule has 140 valence electrons. The van der Waals surface area contributed by atoms with Gasteiger partial charge in [-0.2, -0.15) is 0 Å². The average molecular weight is 381 g/mol. The highest BCUT2D eigenvalue weighted by molar-refractivity contribution is 7.13. The molecule has 0 bridgehead atoms. The van der Waals surface area contributed by atoms with Crippen LogP contribution in [0.3, 0.4) is 0 Å². The standard InChI is InChI=1S/C22H24N2O2S/c1-3-24(14-21-23-13-20(27-21)22(25)26-4-2)19-12-11-16(15-9-10-15)17-7-5-6-8-18(17)19/h5-8,11-13,15H,3-4,9-10,14H2,1-2H3. The molecule has 0 aliphatic heterocycles. The summed E-state index contributed by atoms with van der Waals surface area (Å²) in [7, 11) is 0. The highest BCUT2D eigenvalue weighted by Crippen LogP contribution is 2.44. The first-order chi connectivity index (χ1) is 13.2. The Morgan fingerprint density at radius 3 is 2.67 bits per heavy atom. The fourth-order valence-corrected chi connectivity index (χ4v) is 4.37. The van der Waals surface area contributed by atoms with E-state index in [4.69, 9.17) is 4.74 Å². The fraction of sp³-hybridized carbons (Fsp3) is 0.364. The molecule has 0 saturated heterocycles. The number of carbonyl (C=O) groups is 1. The van der Waals surface area contributed by atoms with E-state index >= 15 is 0 Å². The van der Waals surface area contributed by atoms with E-state index in [0.29, 0.717) is 18.0 Å². The fourth-order valence-electron chi connectivity index (χ4n) is 3.54. The Balaban J connectivity index is 1.63. The van der Waals surface area contributed by atoms with Crippen LogP contribution in [0.2, 0.25) is 0 Å². The lowest BCUT2D eigenvalue weighted by Crippen LogP contribution is -2.22. The number of benzene rings is 2. The van der Waals surface area contributed by atoms with E-state index in [9.17, 15) is 4.79 Å². The molecule has 0 spiro atoms. The normalized spacial score (nSPS) is 13.7. The third kappa shape index (κ3) is 3.69. The number of hydrogen-bond donors (Lipinski definition) is 0. The highest BCUT2D eigenvalue weighted by atomic mass is 32.1. The molecule has 1 fully saturated rings. The van der Waals surface area contributed by atoms with Gasteiger partial charge in [-0.25, -0.2) is 9.78 Å². The number of esters is 1. The largest absolute Gasteiger partial charge is 0.462 e. The molecule has 1 aliphatic carbocycles. The zero-order chi connectivity index (χ0) is 18.8. The minimum atomic E-state index is -0.288. The van der Waals surface area contributed by atoms with Gasteiger partial charge in [-0.1, -0.05) is 30.3 Å². The Morgan fingerprint density at radius 1 is 1.19 bits per heavy atom. The van der Waals surface area contributed by atoms with Gasteiger partial charge < -0.3 is 9.64 Å². The van der Waals surface area contributed by atoms with Crippen molar-refractivity contribution in [2.24, 2.45) is 0 Å². The minimum Gasteiger partial charge on any atom is -0.462 e. The molecular weight excluding hydrogens is 356 g/mol. The molecule has 0 unspecified atom stereocenters. The van der Waals surface area contributed by atoms with Crippen LogP contribution in [0.5, 0.6) is 0 Å². The molecule has 1 aliphatic rings. The van der Waals surface area contributed by atoms with Crippen LogP contribution < -0.4 is 4.90 Å². The summed E-state index contributed by atoms with van der Waals surface area (Å²) in [6.45, 7) is 5.92. The van der Waals surface area contributed by atoms with Crippen LogP contribution in [0.4, 0.5) is 5.69 Å². The molecule has 5 heteroatoms. The summed E-state index contributed by atoms with van der Waals surface area (Å²) in [5, 5.41) is 3.59. The van der Waals surface area contributed by atoms with Gasteiger partial charge >= 0.3 is 5.97 Å². The molecule has 2 aromatic carbocycles. The van der Waals surface area contributed by atoms with Crippen LogP contribution >= 0.6 is 11.3 Å². The third-order valence-corrected chi connectivity index (χ3v) is 5.99. The van der Waals surface area contributed by atoms with Gasteiger partial charge in [-0.05, 0) is 49.6 Å². The van der Waals surface area contributed by atoms with Crippen molar-refractivity contribution < 1.29 is 9.53 Å². The topological polar surface area (TPSA) is 42.4 Å². The maximum atomic E-state index is 11.9. The molecular formula is C22H24N2O2S. The number of anilines is 1. The van der Waals surface area contributed by atoms with Crippen molar-refractivity contribution in [1.29, 1.82) is 0 Å². The first kappa shape index (κ1) is 18.0. The highest BCUT2D eigenvalue weighted by Gasteiger charge is 2.26. The van der Waals surface area contributed by atoms with E-state index in [1.54, 1.807) is 6.20 Å². The zero-order valence-electron chi connectivity index (χ0n) is 15.8. The number of aromatic nitrogens is 1. The molecule has 0 N–H and O–H groups in total. The molecule has 4 rings (SSSR count). The van der Waals surface area contributed by atoms with Crippen LogP contribution in [-0.2, 0) is 11.3 Å². The van der Waals surface area contributed by atoms with Crippen LogP contribution in [0.1, 0.15) is 52.8 Å². The smallest absolute Gasteiger partial charge is 0.349 e. The molecule has 3 aromatic rings. The van der Waals surface area contributed by atoms with E-state index in [2.05, 4.69) is 53.2 Å². The Labute approximate surface area is 163 Å². The molecule has 1 heterocycles. The lowest BCUT2D eigenvalue weighted by Gasteiger charge is -2.24. The predicted molar refractivity (Wildman–Crippen MR) is 111 cm³/mol. The van der Waals surface area contributed by atoms with Gasteiger partial charge in [0.15, 0.2) is 0 Å². The number of fused-ring (bicyclic) bond motifs is 1. The van der Waals surface area contributed by atoms with Gasteiger partial charge in [-0.15, -0.1) is 11.3 Å². The summed E-state index contributed by atoms with van der Waals surface area (Å²) < 4.78 is 5.07. The minimum absolute atomic E-state index is 0.288. The number of hydrogen-bond acceptors (Lipinski definition) is 5. The van der Waals surface area contributed by atoms with E-state index in [1.165, 1.54) is 46.2 Å². The molecule has 27 heavy (non-hydrogen) atoms. The van der Waals surface area contributed by atoms with Gasteiger partial charge in [0.25, 0.3) is 0 Å². The van der Waals surface area contributed by atoms with Crippen molar-refractivity contribution in [2.75, 3.05) is 18.1 Å². The average Bonchev–Trinajstić information content (AvgIpc) is 3.43. The van der Waals surface area contributed by atoms with E-state index in [-0.39, 0.29) is 5.97 Å². The molecule has 4 nitrogen and oxygen atoms in total. The maximum absolute atomic E-state index is 11.9. The van der Waals surface area contributed by atoms with Gasteiger partial charge in [0.1, 0.15) is 9.88 Å². The molecule has 0 atom stereocenters. The summed E-state index contributed by atoms with van der Waals surface area (Å²) in [6, 6.07) is 13.2. The Bertz CT molecular complexity index is 962. The number of ether oxygens (including phenoxy) is 1. The van der Waals surface area contributed by atoms with Gasteiger partial charge in [0.2, 0.25) is 0 Å². The van der Waals surface area contributed by atoms with Crippen molar-refractivity contribution in [1.82, 2.24) is 4.98 Å². The molecule has 1 saturated carbocycles. The van der Waals surface area contributed by atoms with Crippen molar-refractivity contribution in [3.05, 3.63) is 58.0 Å². The summed E-state index contributed by atoms with van der Waals surface area (Å²) in [6.07, 6.45) is 4.23. The first-order valence-electron chi connectivity index (χ1n) is 9.59. The summed E-state index contributed by atoms with van der Waals surface area (Å²) in [5.74, 6) is 0.439. The second-order valence-electron chi connectivity index (χ2n) is 6.85. The van der Waals surface area contributed by atoms with Gasteiger partial charge in [0, 0.05) is 17.6 Å². The summed E-state index contributed by atoms with van der Waals surface area (Å²) in [5.41, 5.74) is 2.70. The number of carbonyl (C=O) groups excluding carboxylic acids is 1. The lowest BCUT2D eigenvalue weighted by atomic mass is 9.99. The van der Waals surface area contributed by atoms with Gasteiger partial charge in [0.05, 0.1) is 19.3 Å². The molecule has 0 radical (unpaired) electrons. The van der Waals surface area contributed by atoms with Crippen molar-refractivity contribution in [3.63, 3.8) is 0 Å². The summed E-state index contributed by atoms with van der Waals surface area (Å²) >= 11 is 1.42. The van der Waals surface area contributed by atoms with Gasteiger partial charge in [-0.3, -0.25) is 0 Å². The van der Waals surface area contributed by atoms with E-state index < -0.39 is 0 Å². The number of nitrogens with zero attached hydrogens (tertiary/aromatic N) is 2. The number of thiazole rings is 1. The summed E-state index contributed by atoms with van der Waals surface area (Å²) in [4.78, 5) is 19.2. The van der Waals surface area contributed by atoms with Crippen LogP contribution in [0, 0.1) is 0 Å². The number of rotatable bonds is 7. The van der Waals surface area contributed by atoms with E-state index in [1.807, 2.05) is 6.92 Å². The Hall–Kier alpha value is -2.40. The van der Waals surface area contributed by atoms with Crippen LogP contribution in [0.25, 0.3) is 10.8 Å². The maximum Gasteiger partial charge on any atom is 0.349 e. The molecule has 1 aromatic heterocycles. The molecule has 0 amide bonds. The SMILES string of the molecule is CCOC(=O)c1cnc(CN(CC)c2ccc(C3CC3)c3ccccc23)s1. The second-order valence-corrected chi connectivity index (χ2v) is 7.96. The van der Waals surface area contributed by atoms with E-state index in [0.717, 1.165) is 17.5 Å². The zero-order valence-corrected chi connectivity index (χ0v) is 16.6. The first-order valence-corrected chi connectivity index (χ1v) is 10.4. The van der Waals surface area contributed by atoms with Crippen molar-refractivity contribution >= 4 is 33.8 Å².